The third-order valence-corrected chi connectivity index (χ3v) is 13.3. The van der Waals surface area contributed by atoms with E-state index in [1.54, 1.807) is 78.9 Å². The molecule has 2 saturated carbocycles. The molecule has 0 unspecified atom stereocenters. The van der Waals surface area contributed by atoms with Crippen molar-refractivity contribution in [3.8, 4) is 0 Å². The van der Waals surface area contributed by atoms with E-state index >= 15 is 4.79 Å². The summed E-state index contributed by atoms with van der Waals surface area (Å²) in [6.45, 7) is 7.72. The molecule has 7 rings (SSSR count). The number of hydrogen-bond donors (Lipinski definition) is 3. The molecular weight excluding hydrogens is 803 g/mol. The first-order valence-corrected chi connectivity index (χ1v) is 20.3. The molecule has 326 valence electrons. The van der Waals surface area contributed by atoms with E-state index < -0.39 is 119 Å². The molecule has 1 saturated heterocycles. The molecule has 15 nitrogen and oxygen atoms in total. The molecule has 3 aromatic carbocycles. The zero-order chi connectivity index (χ0) is 44.9. The van der Waals surface area contributed by atoms with Crippen molar-refractivity contribution in [1.82, 2.24) is 5.32 Å². The molecule has 0 aromatic heterocycles. The van der Waals surface area contributed by atoms with Crippen molar-refractivity contribution >= 4 is 41.4 Å². The molecule has 0 spiro atoms. The summed E-state index contributed by atoms with van der Waals surface area (Å²) >= 11 is 0. The number of rotatable bonds is 10. The van der Waals surface area contributed by atoms with Gasteiger partial charge in [0.2, 0.25) is 0 Å². The van der Waals surface area contributed by atoms with E-state index in [9.17, 15) is 39.0 Å². The lowest BCUT2D eigenvalue weighted by atomic mass is 9.45. The summed E-state index contributed by atoms with van der Waals surface area (Å²) < 4.78 is 30.1. The standard InChI is InChI=1S/C47H49NO14/c1-25-31(60-43(56)36(52)35(28-16-10-7-11-17-28)48-41(54)29-18-12-8-13-19-29)23-47(57)40(61-42(55)30-20-14-9-15-21-30)38-45(6,32(51)22-33-46(38,24-58-33)62-27(3)50)39(53)37(59-26(2)49)34(25)44(47,4)5/h7-21,31,33,35-38,40,52,57H,22-24H2,1-6H3,(H,48,54)/t31-,33+,35-,36+,37+,38-,40-,45+,46-,47+/m0/s1. The fourth-order valence-corrected chi connectivity index (χ4v) is 9.98. The highest BCUT2D eigenvalue weighted by Gasteiger charge is 2.78. The molecule has 0 radical (unpaired) electrons. The van der Waals surface area contributed by atoms with Crippen molar-refractivity contribution in [3.63, 3.8) is 0 Å². The van der Waals surface area contributed by atoms with E-state index in [2.05, 4.69) is 5.32 Å². The molecule has 10 atom stereocenters. The van der Waals surface area contributed by atoms with Crippen LogP contribution in [0.15, 0.2) is 102 Å². The Labute approximate surface area is 357 Å². The van der Waals surface area contributed by atoms with E-state index in [4.69, 9.17) is 23.7 Å². The number of benzene rings is 3. The number of aliphatic hydroxyl groups excluding tert-OH is 1. The van der Waals surface area contributed by atoms with Gasteiger partial charge in [0.05, 0.1) is 29.5 Å². The van der Waals surface area contributed by atoms with E-state index in [0.29, 0.717) is 5.56 Å². The summed E-state index contributed by atoms with van der Waals surface area (Å²) in [5.74, 6) is -7.85. The van der Waals surface area contributed by atoms with Crippen LogP contribution in [0.4, 0.5) is 0 Å². The number of fused-ring (bicyclic) bond motifs is 5. The zero-order valence-electron chi connectivity index (χ0n) is 35.1. The van der Waals surface area contributed by atoms with Gasteiger partial charge in [0.1, 0.15) is 29.7 Å². The maximum absolute atomic E-state index is 15.4. The number of ether oxygens (including phenoxy) is 5. The second kappa shape index (κ2) is 16.3. The quantitative estimate of drug-likeness (QED) is 0.114. The van der Waals surface area contributed by atoms with E-state index in [1.807, 2.05) is 0 Å². The number of Topliss-reactive ketones (excluding diaryl/α,β-unsaturated/α-hetero) is 2. The first-order chi connectivity index (χ1) is 29.3. The van der Waals surface area contributed by atoms with E-state index in [0.717, 1.165) is 13.8 Å². The van der Waals surface area contributed by atoms with Crippen molar-refractivity contribution in [3.05, 3.63) is 119 Å². The second-order valence-electron chi connectivity index (χ2n) is 17.1. The minimum absolute atomic E-state index is 0.0440. The molecule has 4 aliphatic rings. The van der Waals surface area contributed by atoms with Crippen LogP contribution in [0.5, 0.6) is 0 Å². The monoisotopic (exact) mass is 851 g/mol. The van der Waals surface area contributed by atoms with Gasteiger partial charge < -0.3 is 39.2 Å². The van der Waals surface area contributed by atoms with Gasteiger partial charge in [0.15, 0.2) is 23.6 Å². The molecule has 1 heterocycles. The molecule has 2 bridgehead atoms. The number of ketones is 2. The van der Waals surface area contributed by atoms with Crippen molar-refractivity contribution in [2.45, 2.75) is 102 Å². The number of esters is 4. The maximum Gasteiger partial charge on any atom is 0.338 e. The van der Waals surface area contributed by atoms with Crippen molar-refractivity contribution in [2.75, 3.05) is 6.61 Å². The molecule has 3 fully saturated rings. The zero-order valence-corrected chi connectivity index (χ0v) is 35.1. The van der Waals surface area contributed by atoms with Crippen LogP contribution in [-0.4, -0.2) is 99.9 Å². The number of carbonyl (C=O) groups excluding carboxylic acids is 7. The summed E-state index contributed by atoms with van der Waals surface area (Å²) in [6.07, 6.45) is -9.42. The Bertz CT molecular complexity index is 2330. The van der Waals surface area contributed by atoms with Gasteiger partial charge >= 0.3 is 23.9 Å². The summed E-state index contributed by atoms with van der Waals surface area (Å²) in [4.78, 5) is 97.8. The van der Waals surface area contributed by atoms with Crippen LogP contribution in [0.25, 0.3) is 0 Å². The molecule has 15 heteroatoms. The smallest absolute Gasteiger partial charge is 0.338 e. The van der Waals surface area contributed by atoms with E-state index in [1.165, 1.54) is 39.8 Å². The fraction of sp³-hybridized carbons (Fsp3) is 0.426. The molecule has 3 aromatic rings. The van der Waals surface area contributed by atoms with Crippen LogP contribution in [0.2, 0.25) is 0 Å². The lowest BCUT2D eigenvalue weighted by molar-refractivity contribution is -0.322. The summed E-state index contributed by atoms with van der Waals surface area (Å²) in [7, 11) is 0. The number of nitrogens with one attached hydrogen (secondary N) is 1. The van der Waals surface area contributed by atoms with Crippen LogP contribution in [0.1, 0.15) is 86.7 Å². The Morgan fingerprint density at radius 2 is 1.39 bits per heavy atom. The molecule has 1 amide bonds. The maximum atomic E-state index is 15.4. The van der Waals surface area contributed by atoms with Crippen LogP contribution in [0.3, 0.4) is 0 Å². The average Bonchev–Trinajstić information content (AvgIpc) is 3.24. The van der Waals surface area contributed by atoms with Gasteiger partial charge in [-0.25, -0.2) is 9.59 Å². The topological polar surface area (TPSA) is 218 Å². The van der Waals surface area contributed by atoms with Gasteiger partial charge in [0, 0.05) is 37.7 Å². The lowest BCUT2D eigenvalue weighted by Crippen LogP contribution is -2.81. The summed E-state index contributed by atoms with van der Waals surface area (Å²) in [5, 5.41) is 28.1. The summed E-state index contributed by atoms with van der Waals surface area (Å²) in [5.41, 5.74) is -7.45. The Balaban J connectivity index is 1.39. The molecule has 3 N–H and O–H groups in total. The first-order valence-electron chi connectivity index (χ1n) is 20.3. The molecule has 62 heavy (non-hydrogen) atoms. The van der Waals surface area contributed by atoms with Crippen LogP contribution in [0, 0.1) is 16.7 Å². The van der Waals surface area contributed by atoms with Gasteiger partial charge in [0.25, 0.3) is 5.91 Å². The van der Waals surface area contributed by atoms with Gasteiger partial charge in [-0.05, 0) is 54.8 Å². The Hall–Kier alpha value is -6.03. The second-order valence-corrected chi connectivity index (χ2v) is 17.1. The van der Waals surface area contributed by atoms with Crippen molar-refractivity contribution in [1.29, 1.82) is 0 Å². The predicted octanol–water partition coefficient (Wildman–Crippen LogP) is 3.94. The van der Waals surface area contributed by atoms with Crippen LogP contribution in [-0.2, 0) is 47.7 Å². The SMILES string of the molecule is CC(=O)O[C@H]1C(=O)[C@]2(C)C(=O)C[C@H]3OC[C@@]3(OC(C)=O)[C@H]2[C@H](OC(=O)c2ccccc2)[C@]2(O)C[C@H](OC(=O)[C@H](O)[C@@H](NC(=O)c3ccccc3)c3ccccc3)C(C)=C1C2(C)C. The molecule has 1 aliphatic heterocycles. The number of carbonyl (C=O) groups is 7. The predicted molar refractivity (Wildman–Crippen MR) is 217 cm³/mol. The van der Waals surface area contributed by atoms with Gasteiger partial charge in [-0.2, -0.15) is 0 Å². The largest absolute Gasteiger partial charge is 0.456 e. The van der Waals surface area contributed by atoms with Crippen LogP contribution < -0.4 is 5.32 Å². The minimum Gasteiger partial charge on any atom is -0.456 e. The highest BCUT2D eigenvalue weighted by molar-refractivity contribution is 6.12. The minimum atomic E-state index is -2.43. The Morgan fingerprint density at radius 1 is 0.806 bits per heavy atom. The highest BCUT2D eigenvalue weighted by Crippen LogP contribution is 2.63. The Kier molecular flexibility index (Phi) is 11.6. The lowest BCUT2D eigenvalue weighted by Gasteiger charge is -2.65. The first kappa shape index (κ1) is 44.0. The normalized spacial score (nSPS) is 30.7. The number of hydrogen-bond acceptors (Lipinski definition) is 14. The molecular formula is C47H49NO14. The average molecular weight is 852 g/mol. The fourth-order valence-electron chi connectivity index (χ4n) is 9.98. The summed E-state index contributed by atoms with van der Waals surface area (Å²) in [6, 6.07) is 22.8. The number of aliphatic hydroxyl groups is 2. The van der Waals surface area contributed by atoms with Crippen molar-refractivity contribution < 1.29 is 67.5 Å². The van der Waals surface area contributed by atoms with Crippen LogP contribution >= 0.6 is 0 Å². The third-order valence-electron chi connectivity index (χ3n) is 13.3. The van der Waals surface area contributed by atoms with Gasteiger partial charge in [-0.15, -0.1) is 0 Å². The van der Waals surface area contributed by atoms with E-state index in [-0.39, 0.29) is 28.9 Å². The third kappa shape index (κ3) is 7.21. The Morgan fingerprint density at radius 3 is 1.94 bits per heavy atom. The van der Waals surface area contributed by atoms with Gasteiger partial charge in [-0.3, -0.25) is 24.0 Å². The van der Waals surface area contributed by atoms with Gasteiger partial charge in [-0.1, -0.05) is 80.6 Å². The number of amides is 1. The molecule has 3 aliphatic carbocycles. The van der Waals surface area contributed by atoms with Crippen molar-refractivity contribution in [2.24, 2.45) is 16.7 Å². The highest BCUT2D eigenvalue weighted by atomic mass is 16.6.